The molecule has 0 saturated heterocycles. The number of esters is 1. The second-order valence-corrected chi connectivity index (χ2v) is 2.51. The molecule has 0 aliphatic heterocycles. The Hall–Kier alpha value is 0.576. The van der Waals surface area contributed by atoms with Crippen LogP contribution < -0.4 is 56.5 Å². The van der Waals surface area contributed by atoms with Crippen LogP contribution in [0.4, 0.5) is 0 Å². The molecule has 0 fully saturated rings. The van der Waals surface area contributed by atoms with Crippen LogP contribution in [0.15, 0.2) is 0 Å². The van der Waals surface area contributed by atoms with Crippen molar-refractivity contribution in [1.82, 2.24) is 0 Å². The monoisotopic (exact) mass is 212 g/mol. The van der Waals surface area contributed by atoms with E-state index in [0.717, 1.165) is 6.42 Å². The zero-order valence-corrected chi connectivity index (χ0v) is 11.3. The Kier molecular flexibility index (Phi) is 13.1. The molecule has 0 rings (SSSR count). The number of hydrogen-bond acceptors (Lipinski definition) is 4. The van der Waals surface area contributed by atoms with Crippen molar-refractivity contribution in [3.05, 3.63) is 0 Å². The van der Waals surface area contributed by atoms with Gasteiger partial charge in [0.2, 0.25) is 0 Å². The van der Waals surface area contributed by atoms with Crippen molar-refractivity contribution < 1.29 is 70.8 Å². The Bertz CT molecular complexity index is 158. The van der Waals surface area contributed by atoms with E-state index in [0.29, 0.717) is 19.3 Å². The minimum absolute atomic E-state index is 0. The predicted octanol–water partition coefficient (Wildman–Crippen LogP) is -3.14. The molecule has 0 aliphatic rings. The second kappa shape index (κ2) is 10.7. The fourth-order valence-corrected chi connectivity index (χ4v) is 0.818. The van der Waals surface area contributed by atoms with Crippen LogP contribution in [0.25, 0.3) is 0 Å². The van der Waals surface area contributed by atoms with E-state index < -0.39 is 5.97 Å². The van der Waals surface area contributed by atoms with Crippen LogP contribution in [0.5, 0.6) is 0 Å². The largest absolute Gasteiger partial charge is 1.00 e. The Labute approximate surface area is 120 Å². The number of carboxylic acids is 1. The van der Waals surface area contributed by atoms with E-state index in [1.807, 2.05) is 0 Å². The molecule has 0 aromatic rings. The molecule has 0 unspecified atom stereocenters. The van der Waals surface area contributed by atoms with E-state index in [-0.39, 0.29) is 63.8 Å². The zero-order valence-electron chi connectivity index (χ0n) is 8.17. The van der Waals surface area contributed by atoms with Gasteiger partial charge in [0.25, 0.3) is 0 Å². The molecule has 0 atom stereocenters. The van der Waals surface area contributed by atoms with Crippen molar-refractivity contribution >= 4 is 11.9 Å². The van der Waals surface area contributed by atoms with Crippen molar-refractivity contribution in [2.45, 2.75) is 32.1 Å². The SMILES string of the molecule is COC(=O)CCCCCC(=O)[O-].[K+]. The van der Waals surface area contributed by atoms with Gasteiger partial charge in [0.05, 0.1) is 7.11 Å². The summed E-state index contributed by atoms with van der Waals surface area (Å²) >= 11 is 0. The third kappa shape index (κ3) is 12.6. The number of carbonyl (C=O) groups excluding carboxylic acids is 2. The van der Waals surface area contributed by atoms with Crippen LogP contribution in [0, 0.1) is 0 Å². The fraction of sp³-hybridized carbons (Fsp3) is 0.750. The first-order valence-electron chi connectivity index (χ1n) is 3.93. The smallest absolute Gasteiger partial charge is 0.550 e. The molecule has 0 amide bonds. The van der Waals surface area contributed by atoms with E-state index >= 15 is 0 Å². The number of rotatable bonds is 6. The summed E-state index contributed by atoms with van der Waals surface area (Å²) in [6.45, 7) is 0. The standard InChI is InChI=1S/C8H14O4.K/c1-12-8(11)6-4-2-3-5-7(9)10;/h2-6H2,1H3,(H,9,10);/q;+1/p-1. The molecule has 5 heteroatoms. The summed E-state index contributed by atoms with van der Waals surface area (Å²) in [6, 6.07) is 0. The molecular weight excluding hydrogens is 199 g/mol. The van der Waals surface area contributed by atoms with Gasteiger partial charge in [0.15, 0.2) is 0 Å². The molecule has 0 aromatic heterocycles. The Morgan fingerprint density at radius 2 is 1.69 bits per heavy atom. The van der Waals surface area contributed by atoms with Crippen molar-refractivity contribution in [3.8, 4) is 0 Å². The summed E-state index contributed by atoms with van der Waals surface area (Å²) in [5, 5.41) is 9.95. The van der Waals surface area contributed by atoms with Gasteiger partial charge in [-0.25, -0.2) is 0 Å². The van der Waals surface area contributed by atoms with Crippen molar-refractivity contribution in [1.29, 1.82) is 0 Å². The number of aliphatic carboxylic acids is 1. The number of carbonyl (C=O) groups is 2. The summed E-state index contributed by atoms with van der Waals surface area (Å²) < 4.78 is 4.41. The van der Waals surface area contributed by atoms with Crippen LogP contribution >= 0.6 is 0 Å². The second-order valence-electron chi connectivity index (χ2n) is 2.51. The van der Waals surface area contributed by atoms with Gasteiger partial charge in [-0.1, -0.05) is 6.42 Å². The maximum absolute atomic E-state index is 10.6. The van der Waals surface area contributed by atoms with Crippen molar-refractivity contribution in [3.63, 3.8) is 0 Å². The summed E-state index contributed by atoms with van der Waals surface area (Å²) in [4.78, 5) is 20.5. The van der Waals surface area contributed by atoms with E-state index in [9.17, 15) is 14.7 Å². The molecule has 0 radical (unpaired) electrons. The van der Waals surface area contributed by atoms with Gasteiger partial charge in [0.1, 0.15) is 0 Å². The molecule has 0 aromatic carbocycles. The zero-order chi connectivity index (χ0) is 9.40. The molecule has 0 saturated carbocycles. The molecule has 0 N–H and O–H groups in total. The first-order valence-corrected chi connectivity index (χ1v) is 3.93. The van der Waals surface area contributed by atoms with Gasteiger partial charge >= 0.3 is 57.4 Å². The normalized spacial score (nSPS) is 8.69. The average Bonchev–Trinajstić information content (AvgIpc) is 2.03. The Morgan fingerprint density at radius 3 is 2.15 bits per heavy atom. The molecule has 0 spiro atoms. The Morgan fingerprint density at radius 1 is 1.15 bits per heavy atom. The molecule has 70 valence electrons. The van der Waals surface area contributed by atoms with Gasteiger partial charge in [-0.3, -0.25) is 4.79 Å². The van der Waals surface area contributed by atoms with Gasteiger partial charge < -0.3 is 14.6 Å². The van der Waals surface area contributed by atoms with E-state index in [2.05, 4.69) is 4.74 Å². The number of unbranched alkanes of at least 4 members (excludes halogenated alkanes) is 2. The van der Waals surface area contributed by atoms with E-state index in [1.54, 1.807) is 0 Å². The first kappa shape index (κ1) is 16.0. The van der Waals surface area contributed by atoms with Crippen LogP contribution in [0.1, 0.15) is 32.1 Å². The van der Waals surface area contributed by atoms with Crippen LogP contribution in [-0.4, -0.2) is 19.0 Å². The number of ether oxygens (including phenoxy) is 1. The third-order valence-corrected chi connectivity index (χ3v) is 1.49. The first-order chi connectivity index (χ1) is 5.66. The number of methoxy groups -OCH3 is 1. The number of hydrogen-bond donors (Lipinski definition) is 0. The molecule has 0 bridgehead atoms. The third-order valence-electron chi connectivity index (χ3n) is 1.49. The van der Waals surface area contributed by atoms with Crippen molar-refractivity contribution in [2.75, 3.05) is 7.11 Å². The van der Waals surface area contributed by atoms with Crippen LogP contribution in [-0.2, 0) is 14.3 Å². The fourth-order valence-electron chi connectivity index (χ4n) is 0.818. The molecule has 0 heterocycles. The van der Waals surface area contributed by atoms with Crippen LogP contribution in [0.2, 0.25) is 0 Å². The molecule has 4 nitrogen and oxygen atoms in total. The summed E-state index contributed by atoms with van der Waals surface area (Å²) in [5.74, 6) is -1.28. The van der Waals surface area contributed by atoms with Gasteiger partial charge in [-0.05, 0) is 19.3 Å². The van der Waals surface area contributed by atoms with Gasteiger partial charge in [0, 0.05) is 12.4 Å². The minimum atomic E-state index is -1.03. The minimum Gasteiger partial charge on any atom is -0.550 e. The summed E-state index contributed by atoms with van der Waals surface area (Å²) in [6.07, 6.45) is 2.41. The quantitative estimate of drug-likeness (QED) is 0.265. The molecule has 13 heavy (non-hydrogen) atoms. The molecular formula is C8H13KO4. The topological polar surface area (TPSA) is 66.4 Å². The van der Waals surface area contributed by atoms with Crippen molar-refractivity contribution in [2.24, 2.45) is 0 Å². The summed E-state index contributed by atoms with van der Waals surface area (Å²) in [7, 11) is 1.34. The predicted molar refractivity (Wildman–Crippen MR) is 40.1 cm³/mol. The average molecular weight is 212 g/mol. The van der Waals surface area contributed by atoms with Gasteiger partial charge in [-0.2, -0.15) is 0 Å². The maximum Gasteiger partial charge on any atom is 1.00 e. The Balaban J connectivity index is 0. The summed E-state index contributed by atoms with van der Waals surface area (Å²) in [5.41, 5.74) is 0. The number of carboxylic acid groups (broad SMARTS) is 1. The van der Waals surface area contributed by atoms with E-state index in [1.165, 1.54) is 7.11 Å². The molecule has 0 aliphatic carbocycles. The van der Waals surface area contributed by atoms with E-state index in [4.69, 9.17) is 0 Å². The van der Waals surface area contributed by atoms with Gasteiger partial charge in [-0.15, -0.1) is 0 Å². The maximum atomic E-state index is 10.6. The van der Waals surface area contributed by atoms with Crippen LogP contribution in [0.3, 0.4) is 0 Å².